The highest BCUT2D eigenvalue weighted by Gasteiger charge is 2.36. The van der Waals surface area contributed by atoms with Gasteiger partial charge in [0, 0.05) is 17.1 Å². The molecule has 0 spiro atoms. The molecule has 1 atom stereocenters. The van der Waals surface area contributed by atoms with Crippen LogP contribution in [0, 0.1) is 32.1 Å². The molecule has 1 aliphatic rings. The number of benzene rings is 2. The fourth-order valence-corrected chi connectivity index (χ4v) is 5.67. The number of amides is 2. The van der Waals surface area contributed by atoms with E-state index >= 15 is 0 Å². The first kappa shape index (κ1) is 27.8. The Morgan fingerprint density at radius 2 is 1.74 bits per heavy atom. The number of thioether (sulfide) groups is 1. The molecule has 0 fully saturated rings. The van der Waals surface area contributed by atoms with Crippen molar-refractivity contribution in [1.82, 2.24) is 5.32 Å². The van der Waals surface area contributed by atoms with Crippen LogP contribution in [0.3, 0.4) is 0 Å². The van der Waals surface area contributed by atoms with Crippen LogP contribution in [0.5, 0.6) is 0 Å². The third-order valence-electron chi connectivity index (χ3n) is 6.63. The number of nitrogens with zero attached hydrogens (tertiary/aromatic N) is 1. The van der Waals surface area contributed by atoms with Gasteiger partial charge >= 0.3 is 0 Å². The lowest BCUT2D eigenvalue weighted by molar-refractivity contribution is -0.114. The van der Waals surface area contributed by atoms with Gasteiger partial charge in [0.15, 0.2) is 0 Å². The molecule has 200 valence electrons. The zero-order valence-electron chi connectivity index (χ0n) is 22.8. The lowest BCUT2D eigenvalue weighted by atomic mass is 9.85. The Labute approximate surface area is 233 Å². The Balaban J connectivity index is 1.57. The summed E-state index contributed by atoms with van der Waals surface area (Å²) in [6.45, 7) is 9.82. The standard InChI is InChI=1S/C31H32N4O3S/c1-6-22-9-11-23(12-10-22)34-30(37)27-21(5)33-31(24(16-32)28(27)25-8-7-13-38-25)39-17-26(36)35-29-19(3)14-18(2)15-20(29)4/h7-15,28,33H,6,17H2,1-5H3,(H,34,37)(H,35,36). The maximum absolute atomic E-state index is 13.5. The number of hydrogen-bond acceptors (Lipinski definition) is 6. The highest BCUT2D eigenvalue weighted by Crippen LogP contribution is 2.41. The highest BCUT2D eigenvalue weighted by atomic mass is 32.2. The Kier molecular flexibility index (Phi) is 8.62. The van der Waals surface area contributed by atoms with Crippen LogP contribution in [0.4, 0.5) is 11.4 Å². The number of rotatable bonds is 8. The summed E-state index contributed by atoms with van der Waals surface area (Å²) in [5.41, 5.74) is 7.06. The van der Waals surface area contributed by atoms with E-state index in [-0.39, 0.29) is 17.6 Å². The van der Waals surface area contributed by atoms with E-state index < -0.39 is 5.92 Å². The van der Waals surface area contributed by atoms with E-state index in [2.05, 4.69) is 28.9 Å². The van der Waals surface area contributed by atoms with Gasteiger partial charge in [0.1, 0.15) is 5.76 Å². The lowest BCUT2D eigenvalue weighted by Gasteiger charge is -2.28. The van der Waals surface area contributed by atoms with Crippen LogP contribution in [0.1, 0.15) is 47.8 Å². The molecule has 2 aromatic carbocycles. The smallest absolute Gasteiger partial charge is 0.254 e. The minimum atomic E-state index is -0.715. The average Bonchev–Trinajstić information content (AvgIpc) is 3.44. The van der Waals surface area contributed by atoms with Gasteiger partial charge in [0.05, 0.1) is 40.2 Å². The molecule has 3 N–H and O–H groups in total. The third kappa shape index (κ3) is 6.27. The molecular formula is C31H32N4O3S. The zero-order valence-corrected chi connectivity index (χ0v) is 23.6. The molecule has 1 aliphatic heterocycles. The second kappa shape index (κ2) is 12.1. The number of allylic oxidation sites excluding steroid dienone is 2. The zero-order chi connectivity index (χ0) is 28.1. The van der Waals surface area contributed by atoms with Crippen molar-refractivity contribution in [2.45, 2.75) is 47.0 Å². The molecule has 1 unspecified atom stereocenters. The average molecular weight is 541 g/mol. The van der Waals surface area contributed by atoms with Crippen LogP contribution in [0.2, 0.25) is 0 Å². The lowest BCUT2D eigenvalue weighted by Crippen LogP contribution is -2.31. The quantitative estimate of drug-likeness (QED) is 0.302. The summed E-state index contributed by atoms with van der Waals surface area (Å²) in [5, 5.41) is 19.9. The fourth-order valence-electron chi connectivity index (χ4n) is 4.78. The fraction of sp³-hybridized carbons (Fsp3) is 0.258. The number of dihydropyridines is 1. The van der Waals surface area contributed by atoms with E-state index in [0.717, 1.165) is 28.8 Å². The predicted octanol–water partition coefficient (Wildman–Crippen LogP) is 6.47. The van der Waals surface area contributed by atoms with Gasteiger partial charge < -0.3 is 20.4 Å². The summed E-state index contributed by atoms with van der Waals surface area (Å²) in [6.07, 6.45) is 2.43. The molecule has 2 heterocycles. The molecule has 0 saturated carbocycles. The van der Waals surface area contributed by atoms with Gasteiger partial charge in [-0.2, -0.15) is 5.26 Å². The number of hydrogen-bond donors (Lipinski definition) is 3. The molecule has 0 bridgehead atoms. The third-order valence-corrected chi connectivity index (χ3v) is 7.65. The summed E-state index contributed by atoms with van der Waals surface area (Å²) in [4.78, 5) is 26.4. The maximum Gasteiger partial charge on any atom is 0.254 e. The van der Waals surface area contributed by atoms with E-state index in [0.29, 0.717) is 33.3 Å². The second-order valence-electron chi connectivity index (χ2n) is 9.58. The normalized spacial score (nSPS) is 15.0. The maximum atomic E-state index is 13.5. The van der Waals surface area contributed by atoms with Crippen LogP contribution >= 0.6 is 11.8 Å². The molecule has 4 rings (SSSR count). The van der Waals surface area contributed by atoms with Crippen LogP contribution < -0.4 is 16.0 Å². The first-order valence-corrected chi connectivity index (χ1v) is 13.8. The van der Waals surface area contributed by atoms with Crippen LogP contribution in [-0.2, 0) is 16.0 Å². The summed E-state index contributed by atoms with van der Waals surface area (Å²) in [6, 6.07) is 17.5. The van der Waals surface area contributed by atoms with Gasteiger partial charge in [0.2, 0.25) is 5.91 Å². The van der Waals surface area contributed by atoms with Gasteiger partial charge in [0.25, 0.3) is 5.91 Å². The van der Waals surface area contributed by atoms with Crippen molar-refractivity contribution < 1.29 is 14.0 Å². The summed E-state index contributed by atoms with van der Waals surface area (Å²) in [5.74, 6) is -0.660. The minimum Gasteiger partial charge on any atom is -0.468 e. The van der Waals surface area contributed by atoms with Crippen LogP contribution in [-0.4, -0.2) is 17.6 Å². The Morgan fingerprint density at radius 3 is 2.33 bits per heavy atom. The van der Waals surface area contributed by atoms with Crippen molar-refractivity contribution in [3.8, 4) is 6.07 Å². The van der Waals surface area contributed by atoms with Gasteiger partial charge in [-0.15, -0.1) is 0 Å². The molecule has 1 aromatic heterocycles. The predicted molar refractivity (Wildman–Crippen MR) is 156 cm³/mol. The number of anilines is 2. The minimum absolute atomic E-state index is 0.0870. The molecule has 0 aliphatic carbocycles. The largest absolute Gasteiger partial charge is 0.468 e. The van der Waals surface area contributed by atoms with Gasteiger partial charge in [-0.3, -0.25) is 9.59 Å². The van der Waals surface area contributed by atoms with Crippen molar-refractivity contribution in [3.63, 3.8) is 0 Å². The van der Waals surface area contributed by atoms with Gasteiger partial charge in [-0.25, -0.2) is 0 Å². The molecule has 7 nitrogen and oxygen atoms in total. The molecule has 2 amide bonds. The number of carbonyl (C=O) groups is 2. The van der Waals surface area contributed by atoms with E-state index in [1.807, 2.05) is 57.2 Å². The number of nitriles is 1. The van der Waals surface area contributed by atoms with Crippen LogP contribution in [0.25, 0.3) is 0 Å². The number of carbonyl (C=O) groups excluding carboxylic acids is 2. The second-order valence-corrected chi connectivity index (χ2v) is 10.6. The van der Waals surface area contributed by atoms with Crippen molar-refractivity contribution >= 4 is 35.0 Å². The number of aryl methyl sites for hydroxylation is 4. The Bertz CT molecular complexity index is 1470. The van der Waals surface area contributed by atoms with E-state index in [4.69, 9.17) is 4.42 Å². The molecule has 3 aromatic rings. The molecule has 8 heteroatoms. The van der Waals surface area contributed by atoms with Gasteiger partial charge in [-0.05, 0) is 75.1 Å². The van der Waals surface area contributed by atoms with E-state index in [1.165, 1.54) is 23.6 Å². The van der Waals surface area contributed by atoms with Crippen LogP contribution in [0.15, 0.2) is 81.1 Å². The van der Waals surface area contributed by atoms with Crippen molar-refractivity contribution in [3.05, 3.63) is 105 Å². The molecular weight excluding hydrogens is 508 g/mol. The highest BCUT2D eigenvalue weighted by molar-refractivity contribution is 8.03. The topological polar surface area (TPSA) is 107 Å². The molecule has 0 radical (unpaired) electrons. The van der Waals surface area contributed by atoms with Crippen molar-refractivity contribution in [2.75, 3.05) is 16.4 Å². The van der Waals surface area contributed by atoms with E-state index in [9.17, 15) is 14.9 Å². The summed E-state index contributed by atoms with van der Waals surface area (Å²) in [7, 11) is 0. The number of furan rings is 1. The summed E-state index contributed by atoms with van der Waals surface area (Å²) >= 11 is 1.23. The Morgan fingerprint density at radius 1 is 1.05 bits per heavy atom. The first-order chi connectivity index (χ1) is 18.7. The van der Waals surface area contributed by atoms with Gasteiger partial charge in [-0.1, -0.05) is 48.5 Å². The SMILES string of the molecule is CCc1ccc(NC(=O)C2=C(C)NC(SCC(=O)Nc3c(C)cc(C)cc3C)=C(C#N)C2c2ccco2)cc1. The monoisotopic (exact) mass is 540 g/mol. The summed E-state index contributed by atoms with van der Waals surface area (Å²) < 4.78 is 5.69. The first-order valence-electron chi connectivity index (χ1n) is 12.8. The van der Waals surface area contributed by atoms with E-state index in [1.54, 1.807) is 19.1 Å². The molecule has 0 saturated heterocycles. The van der Waals surface area contributed by atoms with Crippen molar-refractivity contribution in [1.29, 1.82) is 5.26 Å². The van der Waals surface area contributed by atoms with Crippen molar-refractivity contribution in [2.24, 2.45) is 0 Å². The molecule has 39 heavy (non-hydrogen) atoms. The Hall–Kier alpha value is -4.22. The number of nitrogens with one attached hydrogen (secondary N) is 3.